The van der Waals surface area contributed by atoms with Gasteiger partial charge >= 0.3 is 0 Å². The molecule has 1 nitrogen and oxygen atoms in total. The molecule has 0 bridgehead atoms. The van der Waals surface area contributed by atoms with Crippen LogP contribution >= 0.6 is 23.1 Å². The van der Waals surface area contributed by atoms with Crippen molar-refractivity contribution in [1.29, 1.82) is 0 Å². The van der Waals surface area contributed by atoms with Crippen molar-refractivity contribution in [1.82, 2.24) is 0 Å². The van der Waals surface area contributed by atoms with E-state index < -0.39 is 0 Å². The first-order chi connectivity index (χ1) is 7.65. The summed E-state index contributed by atoms with van der Waals surface area (Å²) in [5.41, 5.74) is 6.21. The fourth-order valence-corrected chi connectivity index (χ4v) is 4.21. The van der Waals surface area contributed by atoms with Gasteiger partial charge in [-0.3, -0.25) is 0 Å². The smallest absolute Gasteiger partial charge is 0.0542 e. The second kappa shape index (κ2) is 7.36. The van der Waals surface area contributed by atoms with Gasteiger partial charge in [0.1, 0.15) is 0 Å². The van der Waals surface area contributed by atoms with E-state index in [1.807, 2.05) is 23.1 Å². The minimum Gasteiger partial charge on any atom is -0.326 e. The number of nitrogens with two attached hydrogens (primary N) is 1. The van der Waals surface area contributed by atoms with Gasteiger partial charge in [0.15, 0.2) is 0 Å². The Labute approximate surface area is 108 Å². The van der Waals surface area contributed by atoms with Crippen LogP contribution in [0.25, 0.3) is 0 Å². The maximum absolute atomic E-state index is 6.21. The Hall–Kier alpha value is 0.01000. The predicted octanol–water partition coefficient (Wildman–Crippen LogP) is 4.31. The molecule has 0 fully saturated rings. The van der Waals surface area contributed by atoms with Crippen molar-refractivity contribution in [3.05, 3.63) is 22.4 Å². The van der Waals surface area contributed by atoms with Crippen molar-refractivity contribution < 1.29 is 0 Å². The molecule has 92 valence electrons. The lowest BCUT2D eigenvalue weighted by Crippen LogP contribution is -2.25. The van der Waals surface area contributed by atoms with Crippen LogP contribution in [0.15, 0.2) is 17.5 Å². The molecule has 0 aliphatic carbocycles. The fraction of sp³-hybridized carbons (Fsp3) is 0.692. The van der Waals surface area contributed by atoms with Crippen LogP contribution in [0, 0.1) is 5.92 Å². The third-order valence-corrected chi connectivity index (χ3v) is 5.22. The van der Waals surface area contributed by atoms with Crippen LogP contribution in [0.2, 0.25) is 0 Å². The lowest BCUT2D eigenvalue weighted by molar-refractivity contribution is 0.620. The van der Waals surface area contributed by atoms with E-state index in [4.69, 9.17) is 5.73 Å². The van der Waals surface area contributed by atoms with Gasteiger partial charge in [-0.2, -0.15) is 11.8 Å². The highest BCUT2D eigenvalue weighted by molar-refractivity contribution is 7.99. The van der Waals surface area contributed by atoms with E-state index in [0.717, 1.165) is 12.3 Å². The zero-order valence-electron chi connectivity index (χ0n) is 10.5. The van der Waals surface area contributed by atoms with E-state index >= 15 is 0 Å². The molecule has 0 amide bonds. The van der Waals surface area contributed by atoms with Gasteiger partial charge in [-0.1, -0.05) is 26.8 Å². The standard InChI is InChI=1S/C13H23NS2/c1-4-11(14)13(12-6-5-8-15-12)16-9-7-10(2)3/h5-6,8,10-11,13H,4,7,9,14H2,1-3H3. The second-order valence-electron chi connectivity index (χ2n) is 4.56. The van der Waals surface area contributed by atoms with Crippen molar-refractivity contribution in [3.8, 4) is 0 Å². The normalized spacial score (nSPS) is 15.3. The number of hydrogen-bond acceptors (Lipinski definition) is 3. The third-order valence-electron chi connectivity index (χ3n) is 2.68. The van der Waals surface area contributed by atoms with Crippen molar-refractivity contribution in [2.45, 2.75) is 44.9 Å². The average molecular weight is 257 g/mol. The van der Waals surface area contributed by atoms with E-state index in [0.29, 0.717) is 5.25 Å². The largest absolute Gasteiger partial charge is 0.326 e. The van der Waals surface area contributed by atoms with Crippen LogP contribution in [0.3, 0.4) is 0 Å². The molecule has 0 spiro atoms. The van der Waals surface area contributed by atoms with E-state index in [1.165, 1.54) is 17.1 Å². The van der Waals surface area contributed by atoms with Gasteiger partial charge in [0, 0.05) is 10.9 Å². The zero-order chi connectivity index (χ0) is 12.0. The molecule has 1 rings (SSSR count). The molecule has 0 saturated carbocycles. The van der Waals surface area contributed by atoms with Crippen molar-refractivity contribution >= 4 is 23.1 Å². The molecule has 1 aromatic rings. The lowest BCUT2D eigenvalue weighted by atomic mass is 10.1. The van der Waals surface area contributed by atoms with Gasteiger partial charge in [0.25, 0.3) is 0 Å². The summed E-state index contributed by atoms with van der Waals surface area (Å²) in [6.07, 6.45) is 2.33. The SMILES string of the molecule is CCC(N)C(SCCC(C)C)c1cccs1. The highest BCUT2D eigenvalue weighted by atomic mass is 32.2. The summed E-state index contributed by atoms with van der Waals surface area (Å²) in [5, 5.41) is 2.64. The monoisotopic (exact) mass is 257 g/mol. The summed E-state index contributed by atoms with van der Waals surface area (Å²) in [6, 6.07) is 4.63. The molecular weight excluding hydrogens is 234 g/mol. The van der Waals surface area contributed by atoms with Crippen molar-refractivity contribution in [2.24, 2.45) is 11.7 Å². The molecular formula is C13H23NS2. The maximum Gasteiger partial charge on any atom is 0.0542 e. The highest BCUT2D eigenvalue weighted by Gasteiger charge is 2.19. The minimum absolute atomic E-state index is 0.288. The first-order valence-corrected chi connectivity index (χ1v) is 7.98. The molecule has 1 heterocycles. The van der Waals surface area contributed by atoms with Crippen LogP contribution in [-0.2, 0) is 0 Å². The molecule has 3 heteroatoms. The molecule has 16 heavy (non-hydrogen) atoms. The third kappa shape index (κ3) is 4.48. The molecule has 1 aromatic heterocycles. The molecule has 0 saturated heterocycles. The molecule has 0 aromatic carbocycles. The van der Waals surface area contributed by atoms with Gasteiger partial charge in [0.2, 0.25) is 0 Å². The Morgan fingerprint density at radius 2 is 2.19 bits per heavy atom. The van der Waals surface area contributed by atoms with Crippen LogP contribution in [0.4, 0.5) is 0 Å². The number of thioether (sulfide) groups is 1. The molecule has 0 aliphatic heterocycles. The summed E-state index contributed by atoms with van der Waals surface area (Å²) in [4.78, 5) is 1.43. The molecule has 0 radical (unpaired) electrons. The van der Waals surface area contributed by atoms with Gasteiger partial charge in [-0.25, -0.2) is 0 Å². The minimum atomic E-state index is 0.288. The molecule has 2 atom stereocenters. The van der Waals surface area contributed by atoms with E-state index in [2.05, 4.69) is 38.3 Å². The van der Waals surface area contributed by atoms with Gasteiger partial charge in [-0.05, 0) is 36.0 Å². The second-order valence-corrected chi connectivity index (χ2v) is 6.79. The summed E-state index contributed by atoms with van der Waals surface area (Å²) < 4.78 is 0. The molecule has 0 aliphatic rings. The summed E-state index contributed by atoms with van der Waals surface area (Å²) in [6.45, 7) is 6.73. The van der Waals surface area contributed by atoms with Crippen LogP contribution in [-0.4, -0.2) is 11.8 Å². The maximum atomic E-state index is 6.21. The average Bonchev–Trinajstić information content (AvgIpc) is 2.76. The number of hydrogen-bond donors (Lipinski definition) is 1. The fourth-order valence-electron chi connectivity index (χ4n) is 1.51. The van der Waals surface area contributed by atoms with Crippen molar-refractivity contribution in [2.75, 3.05) is 5.75 Å². The first-order valence-electron chi connectivity index (χ1n) is 6.05. The topological polar surface area (TPSA) is 26.0 Å². The van der Waals surface area contributed by atoms with Gasteiger partial charge in [-0.15, -0.1) is 11.3 Å². The highest BCUT2D eigenvalue weighted by Crippen LogP contribution is 2.36. The number of rotatable bonds is 7. The van der Waals surface area contributed by atoms with Crippen LogP contribution in [0.5, 0.6) is 0 Å². The number of thiophene rings is 1. The Morgan fingerprint density at radius 1 is 1.44 bits per heavy atom. The summed E-state index contributed by atoms with van der Waals surface area (Å²) in [5.74, 6) is 2.00. The van der Waals surface area contributed by atoms with Gasteiger partial charge < -0.3 is 5.73 Å². The Balaban J connectivity index is 2.52. The Morgan fingerprint density at radius 3 is 2.69 bits per heavy atom. The summed E-state index contributed by atoms with van der Waals surface area (Å²) in [7, 11) is 0. The Bertz CT molecular complexity index is 269. The molecule has 2 unspecified atom stereocenters. The van der Waals surface area contributed by atoms with Crippen LogP contribution < -0.4 is 5.73 Å². The predicted molar refractivity (Wildman–Crippen MR) is 77.2 cm³/mol. The quantitative estimate of drug-likeness (QED) is 0.788. The van der Waals surface area contributed by atoms with E-state index in [1.54, 1.807) is 0 Å². The zero-order valence-corrected chi connectivity index (χ0v) is 12.1. The lowest BCUT2D eigenvalue weighted by Gasteiger charge is -2.21. The Kier molecular flexibility index (Phi) is 6.47. The molecule has 2 N–H and O–H groups in total. The van der Waals surface area contributed by atoms with Gasteiger partial charge in [0.05, 0.1) is 5.25 Å². The van der Waals surface area contributed by atoms with E-state index in [-0.39, 0.29) is 6.04 Å². The first kappa shape index (κ1) is 14.1. The van der Waals surface area contributed by atoms with Crippen LogP contribution in [0.1, 0.15) is 43.7 Å². The summed E-state index contributed by atoms with van der Waals surface area (Å²) >= 11 is 3.86. The van der Waals surface area contributed by atoms with Crippen molar-refractivity contribution in [3.63, 3.8) is 0 Å². The van der Waals surface area contributed by atoms with E-state index in [9.17, 15) is 0 Å².